The van der Waals surface area contributed by atoms with Crippen LogP contribution in [0.4, 0.5) is 0 Å². The molecule has 138 valence electrons. The molecule has 6 nitrogen and oxygen atoms in total. The number of benzene rings is 1. The highest BCUT2D eigenvalue weighted by molar-refractivity contribution is 6.31. The van der Waals surface area contributed by atoms with Crippen LogP contribution in [0.15, 0.2) is 74.8 Å². The molecule has 5 rings (SSSR count). The first kappa shape index (κ1) is 16.8. The van der Waals surface area contributed by atoms with E-state index in [1.165, 1.54) is 0 Å². The van der Waals surface area contributed by atoms with Crippen molar-refractivity contribution >= 4 is 28.5 Å². The Bertz CT molecular complexity index is 1250. The van der Waals surface area contributed by atoms with Crippen LogP contribution in [0.5, 0.6) is 0 Å². The van der Waals surface area contributed by atoms with E-state index in [4.69, 9.17) is 20.4 Å². The highest BCUT2D eigenvalue weighted by Gasteiger charge is 2.43. The van der Waals surface area contributed by atoms with Crippen molar-refractivity contribution in [3.63, 3.8) is 0 Å². The summed E-state index contributed by atoms with van der Waals surface area (Å²) in [6, 6.07) is 11.3. The Morgan fingerprint density at radius 1 is 1.11 bits per heavy atom. The number of fused-ring (bicyclic) bond motifs is 2. The van der Waals surface area contributed by atoms with Gasteiger partial charge in [0.1, 0.15) is 11.3 Å². The van der Waals surface area contributed by atoms with Crippen LogP contribution in [-0.4, -0.2) is 15.8 Å². The first-order valence-electron chi connectivity index (χ1n) is 8.63. The number of furan rings is 1. The van der Waals surface area contributed by atoms with E-state index >= 15 is 0 Å². The molecule has 4 aromatic rings. The summed E-state index contributed by atoms with van der Waals surface area (Å²) in [5, 5.41) is 0.773. The summed E-state index contributed by atoms with van der Waals surface area (Å²) >= 11 is 6.07. The smallest absolute Gasteiger partial charge is 0.291 e. The lowest BCUT2D eigenvalue weighted by atomic mass is 9.99. The molecule has 0 unspecified atom stereocenters. The van der Waals surface area contributed by atoms with E-state index in [0.717, 1.165) is 5.56 Å². The molecule has 1 aliphatic heterocycles. The average molecular weight is 393 g/mol. The van der Waals surface area contributed by atoms with Gasteiger partial charge in [-0.15, -0.1) is 0 Å². The minimum absolute atomic E-state index is 0.0493. The molecule has 1 amide bonds. The minimum atomic E-state index is -0.602. The van der Waals surface area contributed by atoms with Crippen LogP contribution in [0.2, 0.25) is 5.02 Å². The van der Waals surface area contributed by atoms with Crippen molar-refractivity contribution in [1.82, 2.24) is 9.88 Å². The molecule has 1 atom stereocenters. The van der Waals surface area contributed by atoms with E-state index in [1.54, 1.807) is 66.0 Å². The fourth-order valence-corrected chi connectivity index (χ4v) is 3.79. The number of hydrogen-bond donors (Lipinski definition) is 0. The van der Waals surface area contributed by atoms with Gasteiger partial charge in [0, 0.05) is 17.4 Å². The lowest BCUT2D eigenvalue weighted by Crippen LogP contribution is -2.29. The van der Waals surface area contributed by atoms with Crippen LogP contribution in [-0.2, 0) is 6.54 Å². The number of hydrogen-bond acceptors (Lipinski definition) is 5. The van der Waals surface area contributed by atoms with Gasteiger partial charge in [0.15, 0.2) is 5.43 Å². The number of halogens is 1. The molecular weight excluding hydrogens is 380 g/mol. The van der Waals surface area contributed by atoms with Crippen molar-refractivity contribution in [2.45, 2.75) is 12.6 Å². The second-order valence-corrected chi connectivity index (χ2v) is 6.95. The van der Waals surface area contributed by atoms with E-state index in [1.807, 2.05) is 0 Å². The third kappa shape index (κ3) is 2.53. The number of carbonyl (C=O) groups is 1. The van der Waals surface area contributed by atoms with Crippen LogP contribution in [0.25, 0.3) is 11.0 Å². The zero-order valence-electron chi connectivity index (χ0n) is 14.5. The molecule has 0 spiro atoms. The molecule has 3 aromatic heterocycles. The maximum atomic E-state index is 13.3. The zero-order chi connectivity index (χ0) is 19.3. The van der Waals surface area contributed by atoms with Gasteiger partial charge >= 0.3 is 0 Å². The standard InChI is InChI=1S/C21H13ClN2O4/c22-13-3-4-16-15(10-13)19(25)17-18(12-5-7-23-8-6-12)24(21(26)20(17)28-16)11-14-2-1-9-27-14/h1-10,18H,11H2/t18-/m0/s1. The normalized spacial score (nSPS) is 16.0. The Morgan fingerprint density at radius 3 is 2.68 bits per heavy atom. The Kier molecular flexibility index (Phi) is 3.80. The van der Waals surface area contributed by atoms with Crippen molar-refractivity contribution in [2.24, 2.45) is 0 Å². The molecule has 1 aliphatic rings. The molecule has 1 aromatic carbocycles. The molecule has 7 heteroatoms. The fourth-order valence-electron chi connectivity index (χ4n) is 3.62. The maximum absolute atomic E-state index is 13.3. The molecule has 0 saturated heterocycles. The third-order valence-corrected chi connectivity index (χ3v) is 5.09. The van der Waals surface area contributed by atoms with Gasteiger partial charge in [0.05, 0.1) is 29.8 Å². The van der Waals surface area contributed by atoms with Gasteiger partial charge in [0.2, 0.25) is 5.76 Å². The summed E-state index contributed by atoms with van der Waals surface area (Å²) < 4.78 is 11.3. The van der Waals surface area contributed by atoms with Crippen molar-refractivity contribution in [1.29, 1.82) is 0 Å². The summed E-state index contributed by atoms with van der Waals surface area (Å²) in [5.74, 6) is 0.301. The van der Waals surface area contributed by atoms with Gasteiger partial charge in [-0.1, -0.05) is 11.6 Å². The van der Waals surface area contributed by atoms with Crippen molar-refractivity contribution in [3.05, 3.63) is 99.0 Å². The Balaban J connectivity index is 1.76. The SMILES string of the molecule is O=C1c2oc3ccc(Cl)cc3c(=O)c2[C@H](c2ccncc2)N1Cc1ccco1. The Hall–Kier alpha value is -3.38. The van der Waals surface area contributed by atoms with Gasteiger partial charge < -0.3 is 13.7 Å². The predicted molar refractivity (Wildman–Crippen MR) is 102 cm³/mol. The molecule has 0 aliphatic carbocycles. The van der Waals surface area contributed by atoms with Crippen LogP contribution in [0.3, 0.4) is 0 Å². The quantitative estimate of drug-likeness (QED) is 0.522. The van der Waals surface area contributed by atoms with E-state index in [0.29, 0.717) is 27.3 Å². The Labute approximate surface area is 164 Å². The number of carbonyl (C=O) groups excluding carboxylic acids is 1. The van der Waals surface area contributed by atoms with Crippen LogP contribution in [0, 0.1) is 0 Å². The number of aromatic nitrogens is 1. The first-order chi connectivity index (χ1) is 13.6. The van der Waals surface area contributed by atoms with E-state index in [9.17, 15) is 9.59 Å². The number of pyridine rings is 1. The average Bonchev–Trinajstić information content (AvgIpc) is 3.31. The largest absolute Gasteiger partial charge is 0.467 e. The molecular formula is C21H13ClN2O4. The molecule has 0 radical (unpaired) electrons. The molecule has 0 bridgehead atoms. The van der Waals surface area contributed by atoms with Gasteiger partial charge in [0.25, 0.3) is 5.91 Å². The maximum Gasteiger partial charge on any atom is 0.291 e. The first-order valence-corrected chi connectivity index (χ1v) is 9.01. The van der Waals surface area contributed by atoms with Crippen molar-refractivity contribution in [2.75, 3.05) is 0 Å². The molecule has 0 fully saturated rings. The number of nitrogens with zero attached hydrogens (tertiary/aromatic N) is 2. The van der Waals surface area contributed by atoms with Crippen LogP contribution >= 0.6 is 11.6 Å². The molecule has 0 saturated carbocycles. The Morgan fingerprint density at radius 2 is 1.93 bits per heavy atom. The lowest BCUT2D eigenvalue weighted by molar-refractivity contribution is 0.0701. The zero-order valence-corrected chi connectivity index (χ0v) is 15.2. The van der Waals surface area contributed by atoms with Gasteiger partial charge in [-0.2, -0.15) is 0 Å². The molecule has 4 heterocycles. The van der Waals surface area contributed by atoms with Crippen LogP contribution in [0.1, 0.15) is 33.5 Å². The third-order valence-electron chi connectivity index (χ3n) is 4.86. The predicted octanol–water partition coefficient (Wildman–Crippen LogP) is 4.18. The van der Waals surface area contributed by atoms with Gasteiger partial charge in [-0.25, -0.2) is 0 Å². The highest BCUT2D eigenvalue weighted by atomic mass is 35.5. The van der Waals surface area contributed by atoms with E-state index < -0.39 is 6.04 Å². The number of rotatable bonds is 3. The second kappa shape index (κ2) is 6.35. The van der Waals surface area contributed by atoms with Crippen molar-refractivity contribution in [3.8, 4) is 0 Å². The molecule has 0 N–H and O–H groups in total. The summed E-state index contributed by atoms with van der Waals surface area (Å²) in [7, 11) is 0. The highest BCUT2D eigenvalue weighted by Crippen LogP contribution is 2.39. The van der Waals surface area contributed by atoms with Crippen molar-refractivity contribution < 1.29 is 13.6 Å². The summed E-state index contributed by atoms with van der Waals surface area (Å²) in [6.45, 7) is 0.208. The monoisotopic (exact) mass is 392 g/mol. The van der Waals surface area contributed by atoms with Crippen LogP contribution < -0.4 is 5.43 Å². The molecule has 28 heavy (non-hydrogen) atoms. The van der Waals surface area contributed by atoms with Gasteiger partial charge in [-0.05, 0) is 48.0 Å². The number of amides is 1. The topological polar surface area (TPSA) is 76.6 Å². The van der Waals surface area contributed by atoms with Gasteiger partial charge in [-0.3, -0.25) is 14.6 Å². The minimum Gasteiger partial charge on any atom is -0.467 e. The summed E-state index contributed by atoms with van der Waals surface area (Å²) in [5.41, 5.74) is 1.13. The lowest BCUT2D eigenvalue weighted by Gasteiger charge is -2.24. The van der Waals surface area contributed by atoms with E-state index in [-0.39, 0.29) is 23.6 Å². The van der Waals surface area contributed by atoms with E-state index in [2.05, 4.69) is 4.98 Å². The summed E-state index contributed by atoms with van der Waals surface area (Å²) in [4.78, 5) is 32.1. The second-order valence-electron chi connectivity index (χ2n) is 6.51. The summed E-state index contributed by atoms with van der Waals surface area (Å²) in [6.07, 6.45) is 4.80. The fraction of sp³-hybridized carbons (Fsp3) is 0.0952.